The van der Waals surface area contributed by atoms with Crippen LogP contribution in [-0.2, 0) is 9.47 Å². The van der Waals surface area contributed by atoms with Crippen molar-refractivity contribution < 1.29 is 14.2 Å². The van der Waals surface area contributed by atoms with E-state index in [-0.39, 0.29) is 0 Å². The predicted molar refractivity (Wildman–Crippen MR) is 84.9 cm³/mol. The first-order chi connectivity index (χ1) is 11.8. The number of ether oxygens (including phenoxy) is 3. The van der Waals surface area contributed by atoms with Gasteiger partial charge in [0.25, 0.3) is 0 Å². The lowest BCUT2D eigenvalue weighted by atomic mass is 9.51. The Labute approximate surface area is 145 Å². The van der Waals surface area contributed by atoms with E-state index in [2.05, 4.69) is 0 Å². The molecule has 4 unspecified atom stereocenters. The Bertz CT molecular complexity index is 864. The number of hydrogen-bond acceptors (Lipinski definition) is 7. The Hall–Kier alpha value is -3.08. The first kappa shape index (κ1) is 16.8. The van der Waals surface area contributed by atoms with Crippen molar-refractivity contribution in [1.82, 2.24) is 0 Å². The quantitative estimate of drug-likeness (QED) is 0.885. The molecule has 0 amide bonds. The molecule has 0 spiro atoms. The van der Waals surface area contributed by atoms with Gasteiger partial charge in [-0.3, -0.25) is 5.41 Å². The van der Waals surface area contributed by atoms with Crippen LogP contribution >= 0.6 is 0 Å². The van der Waals surface area contributed by atoms with Crippen LogP contribution in [0.1, 0.15) is 25.5 Å². The molecule has 7 heteroatoms. The van der Waals surface area contributed by atoms with Gasteiger partial charge in [0.1, 0.15) is 11.9 Å². The molecule has 7 nitrogen and oxygen atoms in total. The summed E-state index contributed by atoms with van der Waals surface area (Å²) in [5, 5.41) is 38.1. The highest BCUT2D eigenvalue weighted by atomic mass is 16.7. The van der Waals surface area contributed by atoms with Crippen LogP contribution in [0, 0.1) is 56.2 Å². The molecular formula is C18H16N4O3. The molecule has 3 aliphatic rings. The molecule has 4 rings (SSSR count). The third kappa shape index (κ3) is 1.78. The van der Waals surface area contributed by atoms with E-state index < -0.39 is 34.5 Å². The number of nitriles is 3. The lowest BCUT2D eigenvalue weighted by Crippen LogP contribution is -2.71. The molecule has 2 bridgehead atoms. The van der Waals surface area contributed by atoms with Crippen LogP contribution in [0.4, 0.5) is 0 Å². The molecule has 0 saturated carbocycles. The SMILES string of the molecule is COc1cccc(C2OC3(C)OC(=N)C2(C#N)C(C#N)(C#N)C3C)c1. The molecule has 3 heterocycles. The van der Waals surface area contributed by atoms with Crippen LogP contribution in [0.5, 0.6) is 5.75 Å². The van der Waals surface area contributed by atoms with Crippen molar-refractivity contribution in [3.05, 3.63) is 29.8 Å². The highest BCUT2D eigenvalue weighted by Crippen LogP contribution is 2.66. The van der Waals surface area contributed by atoms with Crippen molar-refractivity contribution in [2.45, 2.75) is 25.7 Å². The summed E-state index contributed by atoms with van der Waals surface area (Å²) in [6.45, 7) is 3.22. The Morgan fingerprint density at radius 2 is 1.88 bits per heavy atom. The summed E-state index contributed by atoms with van der Waals surface area (Å²) < 4.78 is 16.8. The van der Waals surface area contributed by atoms with E-state index in [1.165, 1.54) is 7.11 Å². The van der Waals surface area contributed by atoms with Gasteiger partial charge < -0.3 is 14.2 Å². The zero-order valence-corrected chi connectivity index (χ0v) is 14.0. The molecule has 0 radical (unpaired) electrons. The number of benzene rings is 1. The fraction of sp³-hybridized carbons (Fsp3) is 0.444. The van der Waals surface area contributed by atoms with E-state index >= 15 is 0 Å². The van der Waals surface area contributed by atoms with Crippen LogP contribution in [-0.4, -0.2) is 18.8 Å². The maximum Gasteiger partial charge on any atom is 0.215 e. The summed E-state index contributed by atoms with van der Waals surface area (Å²) in [5.74, 6) is -1.97. The third-order valence-corrected chi connectivity index (χ3v) is 5.39. The highest BCUT2D eigenvalue weighted by Gasteiger charge is 2.78. The van der Waals surface area contributed by atoms with Gasteiger partial charge in [-0.15, -0.1) is 0 Å². The molecule has 3 saturated heterocycles. The minimum atomic E-state index is -1.87. The Morgan fingerprint density at radius 3 is 2.44 bits per heavy atom. The average Bonchev–Trinajstić information content (AvgIpc) is 2.63. The lowest BCUT2D eigenvalue weighted by molar-refractivity contribution is -0.338. The molecular weight excluding hydrogens is 320 g/mol. The number of nitrogens with zero attached hydrogens (tertiary/aromatic N) is 3. The van der Waals surface area contributed by atoms with Crippen LogP contribution in [0.2, 0.25) is 0 Å². The summed E-state index contributed by atoms with van der Waals surface area (Å²) in [7, 11) is 1.51. The summed E-state index contributed by atoms with van der Waals surface area (Å²) in [4.78, 5) is 0. The molecule has 126 valence electrons. The van der Waals surface area contributed by atoms with Gasteiger partial charge in [-0.05, 0) is 17.7 Å². The maximum absolute atomic E-state index is 10.0. The van der Waals surface area contributed by atoms with E-state index in [0.29, 0.717) is 11.3 Å². The van der Waals surface area contributed by atoms with E-state index in [4.69, 9.17) is 19.6 Å². The molecule has 3 aliphatic heterocycles. The van der Waals surface area contributed by atoms with Gasteiger partial charge in [-0.25, -0.2) is 0 Å². The van der Waals surface area contributed by atoms with Gasteiger partial charge in [0.15, 0.2) is 10.8 Å². The molecule has 1 aromatic rings. The zero-order chi connectivity index (χ0) is 18.5. The Kier molecular flexibility index (Phi) is 3.49. The van der Waals surface area contributed by atoms with Crippen molar-refractivity contribution in [3.8, 4) is 24.0 Å². The first-order valence-corrected chi connectivity index (χ1v) is 7.68. The molecule has 1 N–H and O–H groups in total. The number of methoxy groups -OCH3 is 1. The van der Waals surface area contributed by atoms with Crippen molar-refractivity contribution in [1.29, 1.82) is 21.2 Å². The van der Waals surface area contributed by atoms with Crippen molar-refractivity contribution in [2.24, 2.45) is 16.7 Å². The molecule has 25 heavy (non-hydrogen) atoms. The third-order valence-electron chi connectivity index (χ3n) is 5.39. The number of fused-ring (bicyclic) bond motifs is 3. The highest BCUT2D eigenvalue weighted by molar-refractivity contribution is 5.88. The van der Waals surface area contributed by atoms with Gasteiger partial charge in [-0.2, -0.15) is 15.8 Å². The molecule has 3 fully saturated rings. The Morgan fingerprint density at radius 1 is 1.20 bits per heavy atom. The second-order valence-electron chi connectivity index (χ2n) is 6.39. The zero-order valence-electron chi connectivity index (χ0n) is 14.0. The van der Waals surface area contributed by atoms with E-state index in [1.807, 2.05) is 18.2 Å². The Balaban J connectivity index is 2.32. The van der Waals surface area contributed by atoms with Crippen LogP contribution in [0.15, 0.2) is 24.3 Å². The van der Waals surface area contributed by atoms with Gasteiger partial charge >= 0.3 is 0 Å². The van der Waals surface area contributed by atoms with E-state index in [9.17, 15) is 15.8 Å². The second kappa shape index (κ2) is 5.21. The summed E-state index contributed by atoms with van der Waals surface area (Å²) >= 11 is 0. The monoisotopic (exact) mass is 336 g/mol. The van der Waals surface area contributed by atoms with Crippen molar-refractivity contribution >= 4 is 5.90 Å². The first-order valence-electron chi connectivity index (χ1n) is 7.68. The van der Waals surface area contributed by atoms with Gasteiger partial charge in [0.2, 0.25) is 11.7 Å². The van der Waals surface area contributed by atoms with Crippen molar-refractivity contribution in [2.75, 3.05) is 7.11 Å². The molecule has 1 aromatic carbocycles. The fourth-order valence-corrected chi connectivity index (χ4v) is 3.77. The van der Waals surface area contributed by atoms with E-state index in [0.717, 1.165) is 0 Å². The maximum atomic E-state index is 10.0. The van der Waals surface area contributed by atoms with Crippen LogP contribution < -0.4 is 4.74 Å². The smallest absolute Gasteiger partial charge is 0.215 e. The topological polar surface area (TPSA) is 123 Å². The van der Waals surface area contributed by atoms with Crippen LogP contribution in [0.25, 0.3) is 0 Å². The van der Waals surface area contributed by atoms with Gasteiger partial charge in [0, 0.05) is 6.92 Å². The van der Waals surface area contributed by atoms with Gasteiger partial charge in [-0.1, -0.05) is 19.1 Å². The average molecular weight is 336 g/mol. The standard InChI is InChI=1S/C18H16N4O3/c1-11-16(2)24-14(12-5-4-6-13(7-12)23-3)18(10-21,15(22)25-16)17(11,8-19)9-20/h4-7,11,14,22H,1-3H3. The summed E-state index contributed by atoms with van der Waals surface area (Å²) in [6, 6.07) is 12.9. The van der Waals surface area contributed by atoms with Crippen LogP contribution in [0.3, 0.4) is 0 Å². The number of rotatable bonds is 2. The largest absolute Gasteiger partial charge is 0.497 e. The van der Waals surface area contributed by atoms with Crippen molar-refractivity contribution in [3.63, 3.8) is 0 Å². The lowest BCUT2D eigenvalue weighted by Gasteiger charge is -2.60. The molecule has 4 atom stereocenters. The number of nitrogens with one attached hydrogen (secondary N) is 1. The fourth-order valence-electron chi connectivity index (χ4n) is 3.77. The minimum Gasteiger partial charge on any atom is -0.497 e. The summed E-state index contributed by atoms with van der Waals surface area (Å²) in [5.41, 5.74) is -3.11. The second-order valence-corrected chi connectivity index (χ2v) is 6.39. The molecule has 0 aromatic heterocycles. The molecule has 0 aliphatic carbocycles. The predicted octanol–water partition coefficient (Wildman–Crippen LogP) is 2.67. The summed E-state index contributed by atoms with van der Waals surface area (Å²) in [6.07, 6.45) is -1.01. The number of hydrogen-bond donors (Lipinski definition) is 1. The normalized spacial score (nSPS) is 35.0. The van der Waals surface area contributed by atoms with E-state index in [1.54, 1.807) is 38.1 Å². The van der Waals surface area contributed by atoms with Gasteiger partial charge in [0.05, 0.1) is 31.2 Å². The minimum absolute atomic E-state index is 0.419.